The minimum Gasteiger partial charge on any atom is -0.497 e. The number of carboxylic acids is 1. The van der Waals surface area contributed by atoms with Gasteiger partial charge in [-0.2, -0.15) is 13.2 Å². The van der Waals surface area contributed by atoms with Crippen molar-refractivity contribution < 1.29 is 27.8 Å². The number of aliphatic carboxylic acids is 1. The van der Waals surface area contributed by atoms with E-state index in [1.807, 2.05) is 0 Å². The molecule has 1 unspecified atom stereocenters. The number of carbonyl (C=O) groups is 1. The summed E-state index contributed by atoms with van der Waals surface area (Å²) in [4.78, 5) is 10.5. The summed E-state index contributed by atoms with van der Waals surface area (Å²) in [7, 11) is 1.54. The van der Waals surface area contributed by atoms with Gasteiger partial charge in [0, 0.05) is 6.54 Å². The van der Waals surface area contributed by atoms with Gasteiger partial charge < -0.3 is 15.2 Å². The Balaban J connectivity index is 2.38. The lowest BCUT2D eigenvalue weighted by molar-refractivity contribution is -0.192. The van der Waals surface area contributed by atoms with Crippen molar-refractivity contribution in [3.63, 3.8) is 0 Å². The van der Waals surface area contributed by atoms with Crippen LogP contribution in [0.15, 0.2) is 24.3 Å². The van der Waals surface area contributed by atoms with Crippen molar-refractivity contribution in [3.05, 3.63) is 29.8 Å². The normalized spacial score (nSPS) is 13.0. The summed E-state index contributed by atoms with van der Waals surface area (Å²) >= 11 is 0. The Hall–Kier alpha value is -1.76. The number of alkyl halides is 3. The number of hydrogen-bond donors (Lipinski definition) is 2. The summed E-state index contributed by atoms with van der Waals surface area (Å²) in [5, 5.41) is 11.0. The van der Waals surface area contributed by atoms with Gasteiger partial charge in [-0.1, -0.05) is 12.1 Å². The van der Waals surface area contributed by atoms with Gasteiger partial charge in [0.15, 0.2) is 5.92 Å². The molecule has 0 saturated heterocycles. The molecule has 1 atom stereocenters. The number of hydrogen-bond acceptors (Lipinski definition) is 3. The van der Waals surface area contributed by atoms with Gasteiger partial charge in [0.05, 0.1) is 7.11 Å². The van der Waals surface area contributed by atoms with E-state index in [1.165, 1.54) is 0 Å². The maximum absolute atomic E-state index is 12.4. The van der Waals surface area contributed by atoms with Gasteiger partial charge in [0.1, 0.15) is 5.75 Å². The molecule has 0 aliphatic rings. The smallest absolute Gasteiger partial charge is 0.403 e. The summed E-state index contributed by atoms with van der Waals surface area (Å²) in [6, 6.07) is 7.12. The second-order valence-electron chi connectivity index (χ2n) is 4.23. The molecule has 2 N–H and O–H groups in total. The Kier molecular flexibility index (Phi) is 5.82. The Bertz CT molecular complexity index is 431. The van der Waals surface area contributed by atoms with Gasteiger partial charge in [0.2, 0.25) is 0 Å². The summed E-state index contributed by atoms with van der Waals surface area (Å²) in [5.74, 6) is -3.54. The van der Waals surface area contributed by atoms with Crippen LogP contribution in [0, 0.1) is 5.92 Å². The predicted molar refractivity (Wildman–Crippen MR) is 66.7 cm³/mol. The van der Waals surface area contributed by atoms with Crippen LogP contribution >= 0.6 is 0 Å². The SMILES string of the molecule is COc1ccc(CCNCC(C(=O)O)C(F)(F)F)cc1. The van der Waals surface area contributed by atoms with E-state index in [0.717, 1.165) is 5.56 Å². The van der Waals surface area contributed by atoms with Gasteiger partial charge in [0.25, 0.3) is 0 Å². The molecule has 0 heterocycles. The number of nitrogens with one attached hydrogen (secondary N) is 1. The highest BCUT2D eigenvalue weighted by molar-refractivity contribution is 5.71. The van der Waals surface area contributed by atoms with E-state index in [4.69, 9.17) is 9.84 Å². The van der Waals surface area contributed by atoms with Crippen molar-refractivity contribution in [1.82, 2.24) is 5.32 Å². The maximum atomic E-state index is 12.4. The summed E-state index contributed by atoms with van der Waals surface area (Å²) in [6.45, 7) is -0.360. The molecular weight excluding hydrogens is 275 g/mol. The van der Waals surface area contributed by atoms with Gasteiger partial charge in [-0.25, -0.2) is 0 Å². The molecule has 0 amide bonds. The zero-order valence-corrected chi connectivity index (χ0v) is 10.9. The Labute approximate surface area is 114 Å². The van der Waals surface area contributed by atoms with Crippen LogP contribution in [0.1, 0.15) is 5.56 Å². The van der Waals surface area contributed by atoms with Crippen molar-refractivity contribution in [1.29, 1.82) is 0 Å². The van der Waals surface area contributed by atoms with E-state index >= 15 is 0 Å². The Morgan fingerprint density at radius 3 is 2.40 bits per heavy atom. The largest absolute Gasteiger partial charge is 0.497 e. The van der Waals surface area contributed by atoms with Crippen molar-refractivity contribution in [2.45, 2.75) is 12.6 Å². The first-order valence-electron chi connectivity index (χ1n) is 5.97. The van der Waals surface area contributed by atoms with Crippen molar-refractivity contribution in [2.24, 2.45) is 5.92 Å². The molecule has 0 aliphatic carbocycles. The lowest BCUT2D eigenvalue weighted by Gasteiger charge is -2.16. The van der Waals surface area contributed by atoms with E-state index in [0.29, 0.717) is 12.2 Å². The van der Waals surface area contributed by atoms with Crippen LogP contribution in [0.5, 0.6) is 5.75 Å². The van der Waals surface area contributed by atoms with Crippen LogP contribution < -0.4 is 10.1 Å². The fourth-order valence-corrected chi connectivity index (χ4v) is 1.61. The fraction of sp³-hybridized carbons (Fsp3) is 0.462. The van der Waals surface area contributed by atoms with Crippen LogP contribution in [-0.4, -0.2) is 37.5 Å². The van der Waals surface area contributed by atoms with Crippen LogP contribution in [0.4, 0.5) is 13.2 Å². The van der Waals surface area contributed by atoms with E-state index in [-0.39, 0.29) is 6.54 Å². The monoisotopic (exact) mass is 291 g/mol. The van der Waals surface area contributed by atoms with Gasteiger partial charge in [-0.3, -0.25) is 4.79 Å². The van der Waals surface area contributed by atoms with E-state index in [9.17, 15) is 18.0 Å². The molecule has 0 radical (unpaired) electrons. The van der Waals surface area contributed by atoms with E-state index < -0.39 is 24.6 Å². The fourth-order valence-electron chi connectivity index (χ4n) is 1.61. The third-order valence-electron chi connectivity index (χ3n) is 2.79. The van der Waals surface area contributed by atoms with E-state index in [2.05, 4.69) is 5.32 Å². The second kappa shape index (κ2) is 7.14. The summed E-state index contributed by atoms with van der Waals surface area (Å²) in [6.07, 6.45) is -4.23. The third-order valence-corrected chi connectivity index (χ3v) is 2.79. The van der Waals surface area contributed by atoms with Gasteiger partial charge in [-0.05, 0) is 30.7 Å². The second-order valence-corrected chi connectivity index (χ2v) is 4.23. The number of benzene rings is 1. The quantitative estimate of drug-likeness (QED) is 0.755. The molecule has 0 aromatic heterocycles. The zero-order chi connectivity index (χ0) is 15.2. The highest BCUT2D eigenvalue weighted by Crippen LogP contribution is 2.25. The highest BCUT2D eigenvalue weighted by atomic mass is 19.4. The molecule has 20 heavy (non-hydrogen) atoms. The van der Waals surface area contributed by atoms with Gasteiger partial charge >= 0.3 is 12.1 Å². The lowest BCUT2D eigenvalue weighted by Crippen LogP contribution is -2.39. The van der Waals surface area contributed by atoms with Crippen LogP contribution in [-0.2, 0) is 11.2 Å². The predicted octanol–water partition coefficient (Wildman–Crippen LogP) is 2.09. The first-order valence-corrected chi connectivity index (χ1v) is 5.97. The Morgan fingerprint density at radius 1 is 1.35 bits per heavy atom. The topological polar surface area (TPSA) is 58.6 Å². The minimum absolute atomic E-state index is 0.270. The molecule has 1 aromatic rings. The first kappa shape index (κ1) is 16.3. The number of methoxy groups -OCH3 is 1. The lowest BCUT2D eigenvalue weighted by atomic mass is 10.1. The molecule has 1 rings (SSSR count). The molecule has 0 fully saturated rings. The average Bonchev–Trinajstić information content (AvgIpc) is 2.37. The molecular formula is C13H16F3NO3. The summed E-state index contributed by atoms with van der Waals surface area (Å²) in [5.41, 5.74) is 0.928. The van der Waals surface area contributed by atoms with Gasteiger partial charge in [-0.15, -0.1) is 0 Å². The maximum Gasteiger partial charge on any atom is 0.403 e. The molecule has 0 aliphatic heterocycles. The highest BCUT2D eigenvalue weighted by Gasteiger charge is 2.44. The minimum atomic E-state index is -4.74. The zero-order valence-electron chi connectivity index (χ0n) is 10.9. The van der Waals surface area contributed by atoms with E-state index in [1.54, 1.807) is 31.4 Å². The molecule has 4 nitrogen and oxygen atoms in total. The van der Waals surface area contributed by atoms with Crippen molar-refractivity contribution in [3.8, 4) is 5.75 Å². The summed E-state index contributed by atoms with van der Waals surface area (Å²) < 4.78 is 42.1. The molecule has 7 heteroatoms. The molecule has 112 valence electrons. The van der Waals surface area contributed by atoms with Crippen LogP contribution in [0.2, 0.25) is 0 Å². The first-order chi connectivity index (χ1) is 9.34. The molecule has 0 spiro atoms. The number of carboxylic acid groups (broad SMARTS) is 1. The molecule has 0 saturated carbocycles. The number of ether oxygens (including phenoxy) is 1. The standard InChI is InChI=1S/C13H16F3NO3/c1-20-10-4-2-9(3-5-10)6-7-17-8-11(12(18)19)13(14,15)16/h2-5,11,17H,6-8H2,1H3,(H,18,19). The number of rotatable bonds is 7. The third kappa shape index (κ3) is 5.08. The Morgan fingerprint density at radius 2 is 1.95 bits per heavy atom. The number of halogens is 3. The van der Waals surface area contributed by atoms with Crippen molar-refractivity contribution >= 4 is 5.97 Å². The molecule has 1 aromatic carbocycles. The molecule has 0 bridgehead atoms. The average molecular weight is 291 g/mol. The van der Waals surface area contributed by atoms with Crippen LogP contribution in [0.25, 0.3) is 0 Å². The van der Waals surface area contributed by atoms with Crippen LogP contribution in [0.3, 0.4) is 0 Å². The van der Waals surface area contributed by atoms with Crippen molar-refractivity contribution in [2.75, 3.05) is 20.2 Å².